The Morgan fingerprint density at radius 2 is 1.88 bits per heavy atom. The monoisotopic (exact) mass is 240 g/mol. The Labute approximate surface area is 106 Å². The lowest BCUT2D eigenvalue weighted by Gasteiger charge is -2.40. The van der Waals surface area contributed by atoms with Crippen LogP contribution in [0.25, 0.3) is 0 Å². The number of piperidine rings is 1. The number of hydrogen-bond acceptors (Lipinski definition) is 3. The molecule has 1 aliphatic carbocycles. The Kier molecular flexibility index (Phi) is 3.81. The molecular weight excluding hydrogens is 212 g/mol. The van der Waals surface area contributed by atoms with E-state index in [9.17, 15) is 5.11 Å². The first-order chi connectivity index (χ1) is 8.00. The molecule has 0 aromatic heterocycles. The van der Waals surface area contributed by atoms with Gasteiger partial charge < -0.3 is 15.3 Å². The molecule has 2 aliphatic rings. The second-order valence-corrected chi connectivity index (χ2v) is 6.79. The van der Waals surface area contributed by atoms with E-state index in [1.54, 1.807) is 0 Å². The van der Waals surface area contributed by atoms with Crippen LogP contribution in [0.1, 0.15) is 46.0 Å². The van der Waals surface area contributed by atoms with Crippen LogP contribution < -0.4 is 5.32 Å². The van der Waals surface area contributed by atoms with Crippen LogP contribution in [0.4, 0.5) is 0 Å². The molecule has 0 spiro atoms. The smallest absolute Gasteiger partial charge is 0.0613 e. The van der Waals surface area contributed by atoms with Gasteiger partial charge in [0.1, 0.15) is 0 Å². The van der Waals surface area contributed by atoms with Crippen molar-refractivity contribution >= 4 is 0 Å². The average molecular weight is 240 g/mol. The van der Waals surface area contributed by atoms with Crippen molar-refractivity contribution in [1.29, 1.82) is 0 Å². The van der Waals surface area contributed by atoms with Crippen molar-refractivity contribution in [3.8, 4) is 0 Å². The molecule has 1 aliphatic heterocycles. The highest BCUT2D eigenvalue weighted by molar-refractivity contribution is 4.99. The highest BCUT2D eigenvalue weighted by atomic mass is 16.3. The molecule has 2 rings (SSSR count). The molecule has 0 bridgehead atoms. The number of nitrogens with zero attached hydrogens (tertiary/aromatic N) is 1. The number of nitrogens with one attached hydrogen (secondary N) is 1. The van der Waals surface area contributed by atoms with Crippen LogP contribution in [-0.4, -0.2) is 48.3 Å². The largest absolute Gasteiger partial charge is 0.394 e. The summed E-state index contributed by atoms with van der Waals surface area (Å²) in [5.74, 6) is 0. The maximum absolute atomic E-state index is 9.53. The van der Waals surface area contributed by atoms with Gasteiger partial charge in [0, 0.05) is 11.6 Å². The van der Waals surface area contributed by atoms with Crippen molar-refractivity contribution in [2.45, 2.75) is 57.5 Å². The molecule has 1 heterocycles. The summed E-state index contributed by atoms with van der Waals surface area (Å²) in [7, 11) is 1.98. The third-order valence-electron chi connectivity index (χ3n) is 5.08. The number of rotatable bonds is 3. The zero-order valence-corrected chi connectivity index (χ0v) is 11.6. The van der Waals surface area contributed by atoms with Crippen LogP contribution in [0.3, 0.4) is 0 Å². The van der Waals surface area contributed by atoms with E-state index in [0.29, 0.717) is 11.5 Å². The summed E-state index contributed by atoms with van der Waals surface area (Å²) in [6.07, 6.45) is 6.09. The molecule has 3 heteroatoms. The van der Waals surface area contributed by atoms with Crippen molar-refractivity contribution in [3.05, 3.63) is 0 Å². The summed E-state index contributed by atoms with van der Waals surface area (Å²) in [6.45, 7) is 7.51. The van der Waals surface area contributed by atoms with Gasteiger partial charge in [-0.3, -0.25) is 0 Å². The molecular formula is C14H28N2O. The quantitative estimate of drug-likeness (QED) is 0.787. The van der Waals surface area contributed by atoms with Crippen molar-refractivity contribution in [2.75, 3.05) is 26.7 Å². The summed E-state index contributed by atoms with van der Waals surface area (Å²) in [5.41, 5.74) is 0.532. The average Bonchev–Trinajstić information content (AvgIpc) is 2.74. The SMILES string of the molecule is CNC1(CO)CCC(N2CCC(C)(C)CC2)C1. The molecule has 2 unspecified atom stereocenters. The fourth-order valence-electron chi connectivity index (χ4n) is 3.35. The first kappa shape index (κ1) is 13.3. The van der Waals surface area contributed by atoms with Gasteiger partial charge in [-0.2, -0.15) is 0 Å². The topological polar surface area (TPSA) is 35.5 Å². The summed E-state index contributed by atoms with van der Waals surface area (Å²) in [4.78, 5) is 2.65. The van der Waals surface area contributed by atoms with E-state index in [1.807, 2.05) is 7.05 Å². The second-order valence-electron chi connectivity index (χ2n) is 6.79. The van der Waals surface area contributed by atoms with Crippen LogP contribution in [0, 0.1) is 5.41 Å². The van der Waals surface area contributed by atoms with Crippen molar-refractivity contribution < 1.29 is 5.11 Å². The van der Waals surface area contributed by atoms with Gasteiger partial charge in [0.25, 0.3) is 0 Å². The zero-order chi connectivity index (χ0) is 12.5. The van der Waals surface area contributed by atoms with E-state index in [0.717, 1.165) is 12.8 Å². The number of aliphatic hydroxyl groups excluding tert-OH is 1. The Bertz CT molecular complexity index is 251. The standard InChI is InChI=1S/C14H28N2O/c1-13(2)6-8-16(9-7-13)12-4-5-14(10-12,11-17)15-3/h12,15,17H,4-11H2,1-3H3. The Morgan fingerprint density at radius 3 is 2.35 bits per heavy atom. The maximum Gasteiger partial charge on any atom is 0.0613 e. The fraction of sp³-hybridized carbons (Fsp3) is 1.00. The Balaban J connectivity index is 1.89. The van der Waals surface area contributed by atoms with Crippen LogP contribution >= 0.6 is 0 Å². The highest BCUT2D eigenvalue weighted by Gasteiger charge is 2.41. The lowest BCUT2D eigenvalue weighted by atomic mass is 9.82. The zero-order valence-electron chi connectivity index (χ0n) is 11.6. The van der Waals surface area contributed by atoms with E-state index in [-0.39, 0.29) is 12.1 Å². The minimum atomic E-state index is -0.00235. The van der Waals surface area contributed by atoms with Gasteiger partial charge in [0.2, 0.25) is 0 Å². The summed E-state index contributed by atoms with van der Waals surface area (Å²) in [6, 6.07) is 0.686. The van der Waals surface area contributed by atoms with Gasteiger partial charge in [-0.15, -0.1) is 0 Å². The molecule has 100 valence electrons. The molecule has 0 aromatic carbocycles. The van der Waals surface area contributed by atoms with Gasteiger partial charge in [-0.25, -0.2) is 0 Å². The first-order valence-corrected chi connectivity index (χ1v) is 7.04. The van der Waals surface area contributed by atoms with E-state index in [4.69, 9.17) is 0 Å². The van der Waals surface area contributed by atoms with Crippen molar-refractivity contribution in [2.24, 2.45) is 5.41 Å². The van der Waals surface area contributed by atoms with Crippen LogP contribution in [0.2, 0.25) is 0 Å². The number of likely N-dealkylation sites (N-methyl/N-ethyl adjacent to an activating group) is 1. The fourth-order valence-corrected chi connectivity index (χ4v) is 3.35. The normalized spacial score (nSPS) is 38.5. The minimum Gasteiger partial charge on any atom is -0.394 e. The van der Waals surface area contributed by atoms with Crippen molar-refractivity contribution in [1.82, 2.24) is 10.2 Å². The molecule has 1 saturated heterocycles. The van der Waals surface area contributed by atoms with Gasteiger partial charge in [0.15, 0.2) is 0 Å². The molecule has 0 amide bonds. The number of hydrogen-bond donors (Lipinski definition) is 2. The van der Waals surface area contributed by atoms with E-state index < -0.39 is 0 Å². The molecule has 0 radical (unpaired) electrons. The maximum atomic E-state index is 9.53. The second kappa shape index (κ2) is 4.87. The Morgan fingerprint density at radius 1 is 1.24 bits per heavy atom. The third-order valence-corrected chi connectivity index (χ3v) is 5.08. The summed E-state index contributed by atoms with van der Waals surface area (Å²) in [5, 5.41) is 12.9. The lowest BCUT2D eigenvalue weighted by Crippen LogP contribution is -2.47. The molecule has 0 aromatic rings. The summed E-state index contributed by atoms with van der Waals surface area (Å²) < 4.78 is 0. The molecule has 2 atom stereocenters. The van der Waals surface area contributed by atoms with Gasteiger partial charge in [0.05, 0.1) is 6.61 Å². The van der Waals surface area contributed by atoms with E-state index >= 15 is 0 Å². The van der Waals surface area contributed by atoms with E-state index in [2.05, 4.69) is 24.1 Å². The van der Waals surface area contributed by atoms with Gasteiger partial charge in [-0.1, -0.05) is 13.8 Å². The highest BCUT2D eigenvalue weighted by Crippen LogP contribution is 2.37. The molecule has 1 saturated carbocycles. The predicted molar refractivity (Wildman–Crippen MR) is 71.1 cm³/mol. The molecule has 3 nitrogen and oxygen atoms in total. The molecule has 2 fully saturated rings. The third kappa shape index (κ3) is 2.83. The van der Waals surface area contributed by atoms with Crippen LogP contribution in [-0.2, 0) is 0 Å². The van der Waals surface area contributed by atoms with Crippen molar-refractivity contribution in [3.63, 3.8) is 0 Å². The Hall–Kier alpha value is -0.120. The molecule has 17 heavy (non-hydrogen) atoms. The first-order valence-electron chi connectivity index (χ1n) is 7.04. The van der Waals surface area contributed by atoms with E-state index in [1.165, 1.54) is 32.4 Å². The number of aliphatic hydroxyl groups is 1. The molecule has 2 N–H and O–H groups in total. The van der Waals surface area contributed by atoms with Crippen LogP contribution in [0.15, 0.2) is 0 Å². The predicted octanol–water partition coefficient (Wildman–Crippen LogP) is 1.61. The number of likely N-dealkylation sites (tertiary alicyclic amines) is 1. The lowest BCUT2D eigenvalue weighted by molar-refractivity contribution is 0.0870. The van der Waals surface area contributed by atoms with Crippen LogP contribution in [0.5, 0.6) is 0 Å². The minimum absolute atomic E-state index is 0.00235. The summed E-state index contributed by atoms with van der Waals surface area (Å²) >= 11 is 0. The van der Waals surface area contributed by atoms with Gasteiger partial charge >= 0.3 is 0 Å². The van der Waals surface area contributed by atoms with Gasteiger partial charge in [-0.05, 0) is 57.7 Å².